The molecule has 0 bridgehead atoms. The highest BCUT2D eigenvalue weighted by Gasteiger charge is 1.82. The van der Waals surface area contributed by atoms with Gasteiger partial charge in [0.15, 0.2) is 0 Å². The summed E-state index contributed by atoms with van der Waals surface area (Å²) in [5, 5.41) is 7.32. The van der Waals surface area contributed by atoms with Crippen molar-refractivity contribution < 1.29 is 19.1 Å². The van der Waals surface area contributed by atoms with E-state index >= 15 is 0 Å². The molecule has 0 aromatic carbocycles. The minimum atomic E-state index is -0.211. The normalized spacial score (nSPS) is 6.67. The Kier molecular flexibility index (Phi) is 23.2. The van der Waals surface area contributed by atoms with Crippen LogP contribution in [0.15, 0.2) is 0 Å². The Labute approximate surface area is 91.0 Å². The smallest absolute Gasteiger partial charge is 0.302 e. The molecule has 88 valence electrons. The summed E-state index contributed by atoms with van der Waals surface area (Å²) < 4.78 is 8.81. The minimum Gasteiger partial charge on any atom is -0.466 e. The van der Waals surface area contributed by atoms with Crippen LogP contribution in [0.3, 0.4) is 0 Å². The fourth-order valence-electron chi connectivity index (χ4n) is 0.407. The van der Waals surface area contributed by atoms with Gasteiger partial charge in [-0.05, 0) is 13.8 Å². The third-order valence-electron chi connectivity index (χ3n) is 0.695. The van der Waals surface area contributed by atoms with E-state index in [0.29, 0.717) is 13.2 Å². The lowest BCUT2D eigenvalue weighted by Crippen LogP contribution is -1.95. The maximum Gasteiger partial charge on any atom is 0.302 e. The summed E-state index contributed by atoms with van der Waals surface area (Å²) in [5.74, 6) is -0.421. The lowest BCUT2D eigenvalue weighted by molar-refractivity contribution is -0.141. The molecule has 5 nitrogen and oxygen atoms in total. The van der Waals surface area contributed by atoms with Gasteiger partial charge in [0.05, 0.1) is 19.3 Å². The van der Waals surface area contributed by atoms with Crippen LogP contribution in [0.2, 0.25) is 0 Å². The van der Waals surface area contributed by atoms with E-state index in [1.165, 1.54) is 20.8 Å². The Morgan fingerprint density at radius 2 is 1.27 bits per heavy atom. The van der Waals surface area contributed by atoms with Crippen molar-refractivity contribution in [2.24, 2.45) is 0 Å². The number of carbonyl (C=O) groups is 2. The highest BCUT2D eigenvalue weighted by atomic mass is 16.5. The van der Waals surface area contributed by atoms with Crippen LogP contribution in [0.4, 0.5) is 0 Å². The predicted molar refractivity (Wildman–Crippen MR) is 55.9 cm³/mol. The Morgan fingerprint density at radius 1 is 1.07 bits per heavy atom. The van der Waals surface area contributed by atoms with E-state index in [2.05, 4.69) is 9.47 Å². The van der Waals surface area contributed by atoms with Gasteiger partial charge in [0.2, 0.25) is 0 Å². The number of rotatable bonds is 2. The van der Waals surface area contributed by atoms with Gasteiger partial charge in [0.1, 0.15) is 0 Å². The second-order valence-corrected chi connectivity index (χ2v) is 2.07. The van der Waals surface area contributed by atoms with Gasteiger partial charge in [-0.15, -0.1) is 0 Å². The average molecular weight is 217 g/mol. The number of ether oxygens (including phenoxy) is 2. The van der Waals surface area contributed by atoms with E-state index in [1.807, 2.05) is 0 Å². The zero-order chi connectivity index (χ0) is 12.7. The van der Waals surface area contributed by atoms with Gasteiger partial charge in [0, 0.05) is 20.8 Å². The topological polar surface area (TPSA) is 76.4 Å². The van der Waals surface area contributed by atoms with Crippen LogP contribution in [0.1, 0.15) is 34.6 Å². The number of carbonyl (C=O) groups excluding carboxylic acids is 2. The molecule has 0 aliphatic heterocycles. The van der Waals surface area contributed by atoms with Crippen LogP contribution in [-0.4, -0.2) is 25.2 Å². The molecule has 15 heavy (non-hydrogen) atoms. The van der Waals surface area contributed by atoms with Gasteiger partial charge in [-0.2, -0.15) is 5.26 Å². The van der Waals surface area contributed by atoms with Gasteiger partial charge >= 0.3 is 11.9 Å². The van der Waals surface area contributed by atoms with Crippen molar-refractivity contribution in [3.05, 3.63) is 0 Å². The first-order valence-electron chi connectivity index (χ1n) is 4.53. The van der Waals surface area contributed by atoms with Crippen LogP contribution < -0.4 is 0 Å². The summed E-state index contributed by atoms with van der Waals surface area (Å²) in [5.41, 5.74) is 0. The highest BCUT2D eigenvalue weighted by molar-refractivity contribution is 5.66. The second-order valence-electron chi connectivity index (χ2n) is 2.07. The van der Waals surface area contributed by atoms with Gasteiger partial charge < -0.3 is 9.47 Å². The summed E-state index contributed by atoms with van der Waals surface area (Å²) in [6.45, 7) is 8.74. The molecule has 0 amide bonds. The quantitative estimate of drug-likeness (QED) is 0.657. The number of nitrogens with zero attached hydrogens (tertiary/aromatic N) is 1. The molecule has 0 unspecified atom stereocenters. The summed E-state index contributed by atoms with van der Waals surface area (Å²) >= 11 is 0. The maximum absolute atomic E-state index is 9.82. The Hall–Kier alpha value is -1.57. The molecule has 0 saturated heterocycles. The van der Waals surface area contributed by atoms with Crippen LogP contribution in [0, 0.1) is 11.3 Å². The number of hydrogen-bond donors (Lipinski definition) is 0. The molecule has 0 fully saturated rings. The molecule has 0 heterocycles. The van der Waals surface area contributed by atoms with Crippen LogP contribution >= 0.6 is 0 Å². The van der Waals surface area contributed by atoms with Crippen LogP contribution in [0.25, 0.3) is 0 Å². The van der Waals surface area contributed by atoms with Gasteiger partial charge in [-0.1, -0.05) is 0 Å². The number of nitriles is 1. The molecular weight excluding hydrogens is 198 g/mol. The molecule has 5 heteroatoms. The van der Waals surface area contributed by atoms with Crippen molar-refractivity contribution in [1.29, 1.82) is 5.26 Å². The van der Waals surface area contributed by atoms with E-state index in [-0.39, 0.29) is 11.9 Å². The monoisotopic (exact) mass is 217 g/mol. The first-order valence-corrected chi connectivity index (χ1v) is 4.53. The molecule has 0 aromatic rings. The Balaban J connectivity index is -0.000000153. The van der Waals surface area contributed by atoms with E-state index in [4.69, 9.17) is 5.26 Å². The van der Waals surface area contributed by atoms with Gasteiger partial charge in [0.25, 0.3) is 0 Å². The molecule has 0 aliphatic carbocycles. The van der Waals surface area contributed by atoms with Crippen molar-refractivity contribution in [3.8, 4) is 6.07 Å². The standard InChI is InChI=1S/2C4H8O2.C2H3N/c2*1-3-6-4(2)5;1-2-3/h2*3H2,1-2H3;1H3. The lowest BCUT2D eigenvalue weighted by Gasteiger charge is -1.89. The predicted octanol–water partition coefficient (Wildman–Crippen LogP) is 1.67. The highest BCUT2D eigenvalue weighted by Crippen LogP contribution is 1.70. The summed E-state index contributed by atoms with van der Waals surface area (Å²) in [6.07, 6.45) is 0. The molecule has 0 aliphatic rings. The van der Waals surface area contributed by atoms with Gasteiger partial charge in [-0.25, -0.2) is 0 Å². The van der Waals surface area contributed by atoms with E-state index in [9.17, 15) is 9.59 Å². The summed E-state index contributed by atoms with van der Waals surface area (Å²) in [6, 6.07) is 1.75. The third kappa shape index (κ3) is 68.9. The molecule has 0 spiro atoms. The van der Waals surface area contributed by atoms with Gasteiger partial charge in [-0.3, -0.25) is 9.59 Å². The fourth-order valence-corrected chi connectivity index (χ4v) is 0.407. The first-order chi connectivity index (χ1) is 6.95. The molecule has 0 rings (SSSR count). The summed E-state index contributed by atoms with van der Waals surface area (Å²) in [7, 11) is 0. The second kappa shape index (κ2) is 18.3. The van der Waals surface area contributed by atoms with Crippen molar-refractivity contribution in [2.75, 3.05) is 13.2 Å². The Bertz CT molecular complexity index is 180. The van der Waals surface area contributed by atoms with E-state index < -0.39 is 0 Å². The SMILES string of the molecule is CC#N.CCOC(C)=O.CCOC(C)=O. The van der Waals surface area contributed by atoms with Crippen LogP contribution in [-0.2, 0) is 19.1 Å². The summed E-state index contributed by atoms with van der Waals surface area (Å²) in [4.78, 5) is 19.6. The molecule has 0 atom stereocenters. The van der Waals surface area contributed by atoms with Crippen molar-refractivity contribution >= 4 is 11.9 Å². The average Bonchev–Trinajstić information content (AvgIpc) is 2.05. The van der Waals surface area contributed by atoms with Crippen molar-refractivity contribution in [1.82, 2.24) is 0 Å². The Morgan fingerprint density at radius 3 is 1.27 bits per heavy atom. The zero-order valence-electron chi connectivity index (χ0n) is 9.99. The fraction of sp³-hybridized carbons (Fsp3) is 0.700. The van der Waals surface area contributed by atoms with Crippen LogP contribution in [0.5, 0.6) is 0 Å². The minimum absolute atomic E-state index is 0.211. The molecule has 0 aromatic heterocycles. The molecule has 0 saturated carbocycles. The van der Waals surface area contributed by atoms with E-state index in [0.717, 1.165) is 0 Å². The molecule has 0 N–H and O–H groups in total. The van der Waals surface area contributed by atoms with E-state index in [1.54, 1.807) is 19.9 Å². The molecule has 0 radical (unpaired) electrons. The number of hydrogen-bond acceptors (Lipinski definition) is 5. The number of esters is 2. The molecular formula is C10H19NO4. The van der Waals surface area contributed by atoms with Crippen molar-refractivity contribution in [3.63, 3.8) is 0 Å². The third-order valence-corrected chi connectivity index (χ3v) is 0.695. The van der Waals surface area contributed by atoms with Crippen molar-refractivity contribution in [2.45, 2.75) is 34.6 Å². The zero-order valence-corrected chi connectivity index (χ0v) is 9.99. The maximum atomic E-state index is 9.82. The first kappa shape index (κ1) is 19.1. The lowest BCUT2D eigenvalue weighted by atomic mass is 10.8. The largest absolute Gasteiger partial charge is 0.466 e.